The summed E-state index contributed by atoms with van der Waals surface area (Å²) in [6, 6.07) is 18.6. The minimum Gasteiger partial charge on any atom is -0.321 e. The highest BCUT2D eigenvalue weighted by Crippen LogP contribution is 2.44. The zero-order chi connectivity index (χ0) is 20.0. The van der Waals surface area contributed by atoms with E-state index in [1.165, 1.54) is 18.9 Å². The first kappa shape index (κ1) is 18.0. The van der Waals surface area contributed by atoms with E-state index in [1.807, 2.05) is 29.3 Å². The molecule has 5 heteroatoms. The summed E-state index contributed by atoms with van der Waals surface area (Å²) in [4.78, 5) is 16.9. The van der Waals surface area contributed by atoms with Crippen LogP contribution in [0.1, 0.15) is 55.0 Å². The Morgan fingerprint density at radius 1 is 1.03 bits per heavy atom. The fourth-order valence-corrected chi connectivity index (χ4v) is 4.36. The number of allylic oxidation sites excluding steroid dienone is 1. The number of fused-ring (bicyclic) bond motifs is 1. The fraction of sp³-hybridized carbons (Fsp3) is 0.292. The molecule has 2 aromatic carbocycles. The van der Waals surface area contributed by atoms with Crippen LogP contribution in [0.25, 0.3) is 0 Å². The van der Waals surface area contributed by atoms with Gasteiger partial charge in [0.1, 0.15) is 23.6 Å². The van der Waals surface area contributed by atoms with Crippen molar-refractivity contribution in [2.45, 2.75) is 43.8 Å². The Labute approximate surface area is 170 Å². The van der Waals surface area contributed by atoms with Crippen molar-refractivity contribution < 1.29 is 4.79 Å². The second-order valence-corrected chi connectivity index (χ2v) is 8.14. The number of nitrogens with zero attached hydrogens (tertiary/aromatic N) is 3. The summed E-state index contributed by atoms with van der Waals surface area (Å²) in [5, 5.41) is 6.51. The summed E-state index contributed by atoms with van der Waals surface area (Å²) in [5.74, 6) is 0.737. The fourth-order valence-electron chi connectivity index (χ4n) is 4.36. The molecule has 3 aliphatic rings. The van der Waals surface area contributed by atoms with Crippen molar-refractivity contribution in [3.8, 4) is 0 Å². The Kier molecular flexibility index (Phi) is 4.21. The van der Waals surface area contributed by atoms with E-state index in [0.29, 0.717) is 5.71 Å². The molecule has 0 bridgehead atoms. The van der Waals surface area contributed by atoms with Gasteiger partial charge in [-0.3, -0.25) is 9.79 Å². The summed E-state index contributed by atoms with van der Waals surface area (Å²) in [6.45, 7) is 1.54. The second kappa shape index (κ2) is 6.78. The van der Waals surface area contributed by atoms with Gasteiger partial charge in [0.2, 0.25) is 0 Å². The molecule has 5 nitrogen and oxygen atoms in total. The SMILES string of the molecule is CC(=O)C1=NN2C(=NC(c3ccc(C4(N)CCC4)cc3)C2c2ccccc2)C=C1. The first-order chi connectivity index (χ1) is 14.0. The van der Waals surface area contributed by atoms with Crippen molar-refractivity contribution in [3.05, 3.63) is 83.4 Å². The molecule has 2 unspecified atom stereocenters. The van der Waals surface area contributed by atoms with Gasteiger partial charge in [0, 0.05) is 12.5 Å². The van der Waals surface area contributed by atoms with Crippen molar-refractivity contribution in [2.24, 2.45) is 15.8 Å². The topological polar surface area (TPSA) is 71.0 Å². The van der Waals surface area contributed by atoms with Gasteiger partial charge >= 0.3 is 0 Å². The Bertz CT molecular complexity index is 1030. The number of amidine groups is 1. The molecule has 0 amide bonds. The van der Waals surface area contributed by atoms with Crippen molar-refractivity contribution in [3.63, 3.8) is 0 Å². The average molecular weight is 384 g/mol. The van der Waals surface area contributed by atoms with Gasteiger partial charge in [-0.15, -0.1) is 0 Å². The molecule has 0 spiro atoms. The summed E-state index contributed by atoms with van der Waals surface area (Å²) < 4.78 is 0. The van der Waals surface area contributed by atoms with Crippen LogP contribution in [0.2, 0.25) is 0 Å². The van der Waals surface area contributed by atoms with Crippen LogP contribution in [-0.2, 0) is 10.3 Å². The van der Waals surface area contributed by atoms with E-state index < -0.39 is 0 Å². The van der Waals surface area contributed by atoms with Crippen molar-refractivity contribution in [2.75, 3.05) is 0 Å². The third kappa shape index (κ3) is 3.02. The van der Waals surface area contributed by atoms with E-state index in [2.05, 4.69) is 41.5 Å². The molecule has 5 rings (SSSR count). The molecule has 29 heavy (non-hydrogen) atoms. The van der Waals surface area contributed by atoms with E-state index in [0.717, 1.165) is 29.8 Å². The normalized spacial score (nSPS) is 24.4. The molecule has 0 aromatic heterocycles. The predicted octanol–water partition coefficient (Wildman–Crippen LogP) is 4.04. The zero-order valence-corrected chi connectivity index (χ0v) is 16.5. The number of nitrogens with two attached hydrogens (primary N) is 1. The van der Waals surface area contributed by atoms with Gasteiger partial charge in [0.15, 0.2) is 5.78 Å². The Morgan fingerprint density at radius 2 is 1.76 bits per heavy atom. The van der Waals surface area contributed by atoms with Crippen LogP contribution in [0.5, 0.6) is 0 Å². The number of hydrogen-bond donors (Lipinski definition) is 1. The summed E-state index contributed by atoms with van der Waals surface area (Å²) >= 11 is 0. The molecular formula is C24H24N4O. The monoisotopic (exact) mass is 384 g/mol. The highest BCUT2D eigenvalue weighted by Gasteiger charge is 2.40. The van der Waals surface area contributed by atoms with Crippen molar-refractivity contribution in [1.29, 1.82) is 0 Å². The van der Waals surface area contributed by atoms with Gasteiger partial charge in [-0.1, -0.05) is 54.6 Å². The summed E-state index contributed by atoms with van der Waals surface area (Å²) in [7, 11) is 0. The number of carbonyl (C=O) groups is 1. The molecule has 146 valence electrons. The largest absolute Gasteiger partial charge is 0.321 e. The minimum atomic E-state index is -0.167. The number of Topliss-reactive ketones (excluding diaryl/α,β-unsaturated/α-hetero) is 1. The number of benzene rings is 2. The van der Waals surface area contributed by atoms with Crippen LogP contribution in [0.3, 0.4) is 0 Å². The standard InChI is InChI=1S/C24H24N4O/c1-16(29)20-12-13-21-26-22(23(28(21)27-20)18-6-3-2-4-7-18)17-8-10-19(11-9-17)24(25)14-5-15-24/h2-4,6-13,22-23H,5,14-15,25H2,1H3. The van der Waals surface area contributed by atoms with Crippen LogP contribution in [0.4, 0.5) is 0 Å². The van der Waals surface area contributed by atoms with Gasteiger partial charge in [-0.05, 0) is 48.1 Å². The molecule has 0 radical (unpaired) electrons. The van der Waals surface area contributed by atoms with Crippen molar-refractivity contribution in [1.82, 2.24) is 5.01 Å². The van der Waals surface area contributed by atoms with E-state index in [4.69, 9.17) is 10.7 Å². The number of rotatable bonds is 4. The lowest BCUT2D eigenvalue weighted by Gasteiger charge is -2.38. The highest BCUT2D eigenvalue weighted by atomic mass is 16.1. The molecule has 2 aliphatic heterocycles. The first-order valence-corrected chi connectivity index (χ1v) is 10.1. The molecule has 2 atom stereocenters. The maximum atomic E-state index is 11.9. The second-order valence-electron chi connectivity index (χ2n) is 8.14. The number of hydrogen-bond acceptors (Lipinski definition) is 5. The van der Waals surface area contributed by atoms with Gasteiger partial charge in [-0.2, -0.15) is 5.10 Å². The van der Waals surface area contributed by atoms with Crippen LogP contribution < -0.4 is 5.73 Å². The molecule has 2 N–H and O–H groups in total. The molecule has 0 saturated heterocycles. The van der Waals surface area contributed by atoms with E-state index in [1.54, 1.807) is 6.08 Å². The van der Waals surface area contributed by atoms with Gasteiger partial charge in [0.25, 0.3) is 0 Å². The van der Waals surface area contributed by atoms with Crippen LogP contribution in [-0.4, -0.2) is 22.3 Å². The zero-order valence-electron chi connectivity index (χ0n) is 16.5. The van der Waals surface area contributed by atoms with Crippen molar-refractivity contribution >= 4 is 17.3 Å². The molecule has 1 saturated carbocycles. The lowest BCUT2D eigenvalue weighted by atomic mass is 9.72. The van der Waals surface area contributed by atoms with E-state index in [9.17, 15) is 4.79 Å². The Morgan fingerprint density at radius 3 is 2.38 bits per heavy atom. The molecule has 2 aromatic rings. The Balaban J connectivity index is 1.54. The number of aliphatic imine (C=N–C) groups is 1. The predicted molar refractivity (Wildman–Crippen MR) is 115 cm³/mol. The number of ketones is 1. The minimum absolute atomic E-state index is 0.0475. The Hall–Kier alpha value is -3.05. The highest BCUT2D eigenvalue weighted by molar-refractivity contribution is 6.44. The quantitative estimate of drug-likeness (QED) is 0.865. The smallest absolute Gasteiger partial charge is 0.179 e. The summed E-state index contributed by atoms with van der Waals surface area (Å²) in [5.41, 5.74) is 10.2. The average Bonchev–Trinajstić information content (AvgIpc) is 3.11. The molecule has 1 aliphatic carbocycles. The van der Waals surface area contributed by atoms with Gasteiger partial charge in [0.05, 0.1) is 0 Å². The first-order valence-electron chi connectivity index (χ1n) is 10.1. The number of hydrazone groups is 1. The maximum absolute atomic E-state index is 11.9. The van der Waals surface area contributed by atoms with Crippen LogP contribution in [0.15, 0.2) is 76.8 Å². The van der Waals surface area contributed by atoms with Gasteiger partial charge in [-0.25, -0.2) is 5.01 Å². The van der Waals surface area contributed by atoms with Crippen LogP contribution in [0, 0.1) is 0 Å². The third-order valence-corrected chi connectivity index (χ3v) is 6.25. The molecule has 2 heterocycles. The third-order valence-electron chi connectivity index (χ3n) is 6.25. The van der Waals surface area contributed by atoms with Gasteiger partial charge < -0.3 is 5.73 Å². The lowest BCUT2D eigenvalue weighted by Crippen LogP contribution is -2.43. The summed E-state index contributed by atoms with van der Waals surface area (Å²) in [6.07, 6.45) is 6.93. The molecule has 1 fully saturated rings. The lowest BCUT2D eigenvalue weighted by molar-refractivity contribution is -0.111. The maximum Gasteiger partial charge on any atom is 0.179 e. The van der Waals surface area contributed by atoms with E-state index >= 15 is 0 Å². The van der Waals surface area contributed by atoms with E-state index in [-0.39, 0.29) is 23.4 Å². The van der Waals surface area contributed by atoms with Crippen LogP contribution >= 0.6 is 0 Å². The molecular weight excluding hydrogens is 360 g/mol. The number of carbonyl (C=O) groups excluding carboxylic acids is 1.